The molecule has 1 saturated heterocycles. The molecule has 39 heavy (non-hydrogen) atoms. The number of benzene rings is 2. The Morgan fingerprint density at radius 2 is 1.67 bits per heavy atom. The molecule has 0 saturated carbocycles. The first-order valence-electron chi connectivity index (χ1n) is 11.9. The van der Waals surface area contributed by atoms with E-state index < -0.39 is 41.2 Å². The summed E-state index contributed by atoms with van der Waals surface area (Å²) in [5.74, 6) is 0.391. The van der Waals surface area contributed by atoms with Crippen LogP contribution in [0.5, 0.6) is 0 Å². The molecule has 3 atom stereocenters. The number of thioether (sulfide) groups is 1. The fraction of sp³-hybridized carbons (Fsp3) is 0.500. The molecule has 0 unspecified atom stereocenters. The molecule has 1 aliphatic heterocycles. The lowest BCUT2D eigenvalue weighted by atomic mass is 10.0. The number of methoxy groups -OCH3 is 2. The lowest BCUT2D eigenvalue weighted by molar-refractivity contribution is -0.0456. The van der Waals surface area contributed by atoms with Gasteiger partial charge in [-0.1, -0.05) is 18.2 Å². The first kappa shape index (κ1) is 31.6. The number of ether oxygens (including phenoxy) is 2. The van der Waals surface area contributed by atoms with Gasteiger partial charge in [0.1, 0.15) is 4.90 Å². The molecule has 3 N–H and O–H groups in total. The number of anilines is 1. The van der Waals surface area contributed by atoms with E-state index >= 15 is 0 Å². The SMILES string of the molecule is CO[C@@H]1C[C@H](OC)CN(CC[C@H](CSc2ccccc2)Nc2ccc(S(N)(=O)=O)cc2S(=O)(=O)C(F)(F)F)C1. The van der Waals surface area contributed by atoms with Crippen LogP contribution in [-0.2, 0) is 29.3 Å². The van der Waals surface area contributed by atoms with Crippen LogP contribution in [0.1, 0.15) is 12.8 Å². The van der Waals surface area contributed by atoms with Gasteiger partial charge in [0.05, 0.1) is 22.8 Å². The number of halogens is 3. The summed E-state index contributed by atoms with van der Waals surface area (Å²) in [7, 11) is -7.11. The quantitative estimate of drug-likeness (QED) is 0.348. The number of nitrogens with one attached hydrogen (secondary N) is 1. The van der Waals surface area contributed by atoms with Gasteiger partial charge in [0.15, 0.2) is 0 Å². The number of sulfonamides is 1. The molecule has 0 aliphatic carbocycles. The van der Waals surface area contributed by atoms with Crippen molar-refractivity contribution in [1.29, 1.82) is 0 Å². The number of nitrogens with two attached hydrogens (primary N) is 1. The van der Waals surface area contributed by atoms with Crippen molar-refractivity contribution >= 4 is 37.3 Å². The number of piperidine rings is 1. The van der Waals surface area contributed by atoms with Crippen molar-refractivity contribution in [2.75, 3.05) is 44.9 Å². The largest absolute Gasteiger partial charge is 0.501 e. The van der Waals surface area contributed by atoms with Gasteiger partial charge in [-0.05, 0) is 36.8 Å². The van der Waals surface area contributed by atoms with Gasteiger partial charge >= 0.3 is 5.51 Å². The number of hydrogen-bond donors (Lipinski definition) is 2. The van der Waals surface area contributed by atoms with Crippen LogP contribution in [-0.4, -0.2) is 85.1 Å². The smallest absolute Gasteiger partial charge is 0.380 e. The van der Waals surface area contributed by atoms with Crippen LogP contribution in [0.2, 0.25) is 0 Å². The van der Waals surface area contributed by atoms with E-state index in [1.807, 2.05) is 30.3 Å². The summed E-state index contributed by atoms with van der Waals surface area (Å²) in [6.07, 6.45) is 1.10. The third-order valence-electron chi connectivity index (χ3n) is 6.34. The summed E-state index contributed by atoms with van der Waals surface area (Å²) >= 11 is 1.45. The molecule has 3 rings (SSSR count). The molecular formula is C24H32F3N3O6S3. The topological polar surface area (TPSA) is 128 Å². The molecule has 0 aromatic heterocycles. The number of nitrogens with zero attached hydrogens (tertiary/aromatic N) is 1. The lowest BCUT2D eigenvalue weighted by Crippen LogP contribution is -2.48. The molecule has 1 heterocycles. The van der Waals surface area contributed by atoms with Crippen molar-refractivity contribution in [3.63, 3.8) is 0 Å². The Bertz CT molecular complexity index is 1300. The molecule has 0 amide bonds. The fourth-order valence-corrected chi connectivity index (χ4v) is 6.79. The summed E-state index contributed by atoms with van der Waals surface area (Å²) in [4.78, 5) is 1.11. The van der Waals surface area contributed by atoms with E-state index in [2.05, 4.69) is 10.2 Å². The van der Waals surface area contributed by atoms with Crippen molar-refractivity contribution in [1.82, 2.24) is 4.90 Å². The summed E-state index contributed by atoms with van der Waals surface area (Å²) in [5, 5.41) is 8.00. The van der Waals surface area contributed by atoms with Crippen LogP contribution < -0.4 is 10.5 Å². The fourth-order valence-electron chi connectivity index (χ4n) is 4.23. The zero-order valence-electron chi connectivity index (χ0n) is 21.4. The predicted octanol–water partition coefficient (Wildman–Crippen LogP) is 3.33. The molecule has 2 aromatic rings. The molecule has 0 bridgehead atoms. The monoisotopic (exact) mass is 611 g/mol. The first-order valence-corrected chi connectivity index (χ1v) is 16.0. The maximum Gasteiger partial charge on any atom is 0.501 e. The van der Waals surface area contributed by atoms with Crippen LogP contribution in [0.25, 0.3) is 0 Å². The molecule has 15 heteroatoms. The number of sulfone groups is 1. The number of primary sulfonamides is 1. The van der Waals surface area contributed by atoms with Crippen molar-refractivity contribution < 1.29 is 39.5 Å². The average molecular weight is 612 g/mol. The van der Waals surface area contributed by atoms with E-state index in [0.29, 0.717) is 37.9 Å². The Morgan fingerprint density at radius 3 is 2.21 bits per heavy atom. The van der Waals surface area contributed by atoms with Crippen LogP contribution >= 0.6 is 11.8 Å². The summed E-state index contributed by atoms with van der Waals surface area (Å²) < 4.78 is 100. The number of rotatable bonds is 12. The van der Waals surface area contributed by atoms with Crippen LogP contribution in [0.3, 0.4) is 0 Å². The van der Waals surface area contributed by atoms with Crippen LogP contribution in [0.4, 0.5) is 18.9 Å². The Morgan fingerprint density at radius 1 is 1.05 bits per heavy atom. The molecule has 9 nitrogen and oxygen atoms in total. The average Bonchev–Trinajstić information content (AvgIpc) is 2.89. The van der Waals surface area contributed by atoms with Gasteiger partial charge in [0, 0.05) is 57.0 Å². The number of hydrogen-bond acceptors (Lipinski definition) is 9. The molecule has 0 radical (unpaired) electrons. The van der Waals surface area contributed by atoms with E-state index in [1.165, 1.54) is 11.8 Å². The second-order valence-electron chi connectivity index (χ2n) is 9.12. The van der Waals surface area contributed by atoms with E-state index in [-0.39, 0.29) is 17.9 Å². The van der Waals surface area contributed by atoms with E-state index in [0.717, 1.165) is 23.4 Å². The minimum atomic E-state index is -5.89. The van der Waals surface area contributed by atoms with Gasteiger partial charge < -0.3 is 14.8 Å². The molecular weight excluding hydrogens is 579 g/mol. The van der Waals surface area contributed by atoms with Crippen molar-refractivity contribution in [3.05, 3.63) is 48.5 Å². The zero-order valence-corrected chi connectivity index (χ0v) is 23.9. The minimum Gasteiger partial charge on any atom is -0.380 e. The first-order chi connectivity index (χ1) is 18.2. The number of alkyl halides is 3. The van der Waals surface area contributed by atoms with Crippen LogP contribution in [0, 0.1) is 0 Å². The maximum atomic E-state index is 13.5. The van der Waals surface area contributed by atoms with Gasteiger partial charge in [-0.25, -0.2) is 22.0 Å². The van der Waals surface area contributed by atoms with E-state index in [4.69, 9.17) is 14.6 Å². The summed E-state index contributed by atoms with van der Waals surface area (Å²) in [6.45, 7) is 1.82. The molecule has 1 fully saturated rings. The van der Waals surface area contributed by atoms with Gasteiger partial charge in [-0.2, -0.15) is 13.2 Å². The van der Waals surface area contributed by atoms with Crippen LogP contribution in [0.15, 0.2) is 63.2 Å². The van der Waals surface area contributed by atoms with Gasteiger partial charge in [0.2, 0.25) is 10.0 Å². The second kappa shape index (κ2) is 13.2. The number of likely N-dealkylation sites (tertiary alicyclic amines) is 1. The van der Waals surface area contributed by atoms with Gasteiger partial charge in [-0.15, -0.1) is 11.8 Å². The standard InChI is InChI=1S/C24H32F3N3O6S3/c1-35-18-12-19(36-2)15-30(14-18)11-10-17(16-37-20-6-4-3-5-7-20)29-22-9-8-21(39(28,33)34)13-23(22)38(31,32)24(25,26)27/h3-9,13,17-19,29H,10-12,14-16H2,1-2H3,(H2,28,33,34)/t17-,18-,19+/m1/s1. The molecule has 1 aliphatic rings. The predicted molar refractivity (Wildman–Crippen MR) is 143 cm³/mol. The highest BCUT2D eigenvalue weighted by molar-refractivity contribution is 7.99. The summed E-state index contributed by atoms with van der Waals surface area (Å²) in [6, 6.07) is 11.3. The molecule has 218 valence electrons. The Balaban J connectivity index is 1.91. The third kappa shape index (κ3) is 8.55. The van der Waals surface area contributed by atoms with Crippen molar-refractivity contribution in [2.45, 2.75) is 51.3 Å². The zero-order chi connectivity index (χ0) is 28.8. The summed E-state index contributed by atoms with van der Waals surface area (Å²) in [5.41, 5.74) is -6.01. The Kier molecular flexibility index (Phi) is 10.7. The highest BCUT2D eigenvalue weighted by Gasteiger charge is 2.48. The van der Waals surface area contributed by atoms with E-state index in [9.17, 15) is 30.0 Å². The normalized spacial score (nSPS) is 20.1. The second-order valence-corrected chi connectivity index (χ2v) is 13.7. The van der Waals surface area contributed by atoms with E-state index in [1.54, 1.807) is 14.2 Å². The lowest BCUT2D eigenvalue weighted by Gasteiger charge is -2.37. The highest BCUT2D eigenvalue weighted by Crippen LogP contribution is 2.36. The Hall–Kier alpha value is -1.88. The minimum absolute atomic E-state index is 0.0388. The van der Waals surface area contributed by atoms with Crippen molar-refractivity contribution in [2.24, 2.45) is 5.14 Å². The highest BCUT2D eigenvalue weighted by atomic mass is 32.2. The Labute approximate surface area is 231 Å². The maximum absolute atomic E-state index is 13.5. The van der Waals surface area contributed by atoms with Gasteiger partial charge in [0.25, 0.3) is 9.84 Å². The third-order valence-corrected chi connectivity index (χ3v) is 9.95. The molecule has 2 aromatic carbocycles. The van der Waals surface area contributed by atoms with Crippen molar-refractivity contribution in [3.8, 4) is 0 Å². The molecule has 0 spiro atoms. The van der Waals surface area contributed by atoms with Gasteiger partial charge in [-0.3, -0.25) is 4.90 Å².